The standard InChI is InChI=1S/C23H22N4O3/c1-29-19-7-3-5-16(11-19)14-24-23(28)18-9-10-22-21(13-18)25-26-27(22)15-17-6-4-8-20(12-17)30-2/h3-13H,14-15H2,1-2H3,(H,24,28). The number of methoxy groups -OCH3 is 2. The van der Waals surface area contributed by atoms with Crippen LogP contribution in [-0.4, -0.2) is 35.1 Å². The molecule has 1 amide bonds. The smallest absolute Gasteiger partial charge is 0.251 e. The Morgan fingerprint density at radius 1 is 0.933 bits per heavy atom. The summed E-state index contributed by atoms with van der Waals surface area (Å²) in [6, 6.07) is 20.8. The van der Waals surface area contributed by atoms with Crippen molar-refractivity contribution in [3.8, 4) is 11.5 Å². The molecule has 7 nitrogen and oxygen atoms in total. The number of nitrogens with zero attached hydrogens (tertiary/aromatic N) is 3. The summed E-state index contributed by atoms with van der Waals surface area (Å²) >= 11 is 0. The Labute approximate surface area is 174 Å². The Morgan fingerprint density at radius 3 is 2.37 bits per heavy atom. The zero-order chi connectivity index (χ0) is 20.9. The van der Waals surface area contributed by atoms with Crippen LogP contribution in [0.15, 0.2) is 66.7 Å². The van der Waals surface area contributed by atoms with Gasteiger partial charge in [-0.3, -0.25) is 4.79 Å². The van der Waals surface area contributed by atoms with Gasteiger partial charge < -0.3 is 14.8 Å². The number of nitrogens with one attached hydrogen (secondary N) is 1. The highest BCUT2D eigenvalue weighted by molar-refractivity contribution is 5.97. The third-order valence-corrected chi connectivity index (χ3v) is 4.83. The van der Waals surface area contributed by atoms with E-state index in [1.807, 2.05) is 59.3 Å². The zero-order valence-corrected chi connectivity index (χ0v) is 16.8. The Balaban J connectivity index is 1.47. The van der Waals surface area contributed by atoms with Crippen LogP contribution < -0.4 is 14.8 Å². The summed E-state index contributed by atoms with van der Waals surface area (Å²) in [7, 11) is 3.26. The highest BCUT2D eigenvalue weighted by Crippen LogP contribution is 2.18. The van der Waals surface area contributed by atoms with E-state index in [0.717, 1.165) is 28.1 Å². The van der Waals surface area contributed by atoms with Gasteiger partial charge in [0.2, 0.25) is 0 Å². The number of hydrogen-bond acceptors (Lipinski definition) is 5. The fourth-order valence-electron chi connectivity index (χ4n) is 3.24. The van der Waals surface area contributed by atoms with Crippen molar-refractivity contribution in [3.05, 3.63) is 83.4 Å². The predicted octanol–water partition coefficient (Wildman–Crippen LogP) is 3.43. The van der Waals surface area contributed by atoms with Crippen molar-refractivity contribution < 1.29 is 14.3 Å². The number of ether oxygens (including phenoxy) is 2. The van der Waals surface area contributed by atoms with Gasteiger partial charge in [-0.05, 0) is 53.6 Å². The molecule has 0 saturated heterocycles. The van der Waals surface area contributed by atoms with Gasteiger partial charge in [0.15, 0.2) is 0 Å². The molecule has 1 aromatic heterocycles. The summed E-state index contributed by atoms with van der Waals surface area (Å²) in [5, 5.41) is 11.4. The van der Waals surface area contributed by atoms with Crippen molar-refractivity contribution >= 4 is 16.9 Å². The van der Waals surface area contributed by atoms with E-state index < -0.39 is 0 Å². The van der Waals surface area contributed by atoms with Crippen LogP contribution in [0.5, 0.6) is 11.5 Å². The van der Waals surface area contributed by atoms with E-state index in [9.17, 15) is 4.79 Å². The first-order valence-electron chi connectivity index (χ1n) is 9.53. The molecule has 0 fully saturated rings. The van der Waals surface area contributed by atoms with E-state index in [-0.39, 0.29) is 5.91 Å². The predicted molar refractivity (Wildman–Crippen MR) is 114 cm³/mol. The molecule has 30 heavy (non-hydrogen) atoms. The first-order chi connectivity index (χ1) is 14.7. The van der Waals surface area contributed by atoms with Gasteiger partial charge in [0, 0.05) is 12.1 Å². The molecule has 0 aliphatic rings. The molecule has 0 radical (unpaired) electrons. The molecule has 0 bridgehead atoms. The SMILES string of the molecule is COc1cccc(CNC(=O)c2ccc3c(c2)nnn3Cc2cccc(OC)c2)c1. The van der Waals surface area contributed by atoms with Crippen molar-refractivity contribution in [2.75, 3.05) is 14.2 Å². The number of hydrogen-bond donors (Lipinski definition) is 1. The average molecular weight is 402 g/mol. The minimum atomic E-state index is -0.165. The second-order valence-corrected chi connectivity index (χ2v) is 6.84. The first-order valence-corrected chi connectivity index (χ1v) is 9.53. The van der Waals surface area contributed by atoms with Gasteiger partial charge in [-0.15, -0.1) is 5.10 Å². The van der Waals surface area contributed by atoms with Gasteiger partial charge in [-0.1, -0.05) is 29.5 Å². The fourth-order valence-corrected chi connectivity index (χ4v) is 3.24. The highest BCUT2D eigenvalue weighted by atomic mass is 16.5. The molecular formula is C23H22N4O3. The molecule has 0 aliphatic heterocycles. The lowest BCUT2D eigenvalue weighted by Gasteiger charge is -2.08. The largest absolute Gasteiger partial charge is 0.497 e. The number of amides is 1. The van der Waals surface area contributed by atoms with Crippen molar-refractivity contribution in [2.45, 2.75) is 13.1 Å². The molecule has 4 rings (SSSR count). The number of aromatic nitrogens is 3. The summed E-state index contributed by atoms with van der Waals surface area (Å²) in [5.74, 6) is 1.39. The Kier molecular flexibility index (Phi) is 5.61. The molecule has 1 N–H and O–H groups in total. The average Bonchev–Trinajstić information content (AvgIpc) is 3.19. The van der Waals surface area contributed by atoms with E-state index in [1.165, 1.54) is 0 Å². The van der Waals surface area contributed by atoms with Gasteiger partial charge >= 0.3 is 0 Å². The summed E-state index contributed by atoms with van der Waals surface area (Å²) < 4.78 is 12.3. The lowest BCUT2D eigenvalue weighted by atomic mass is 10.1. The van der Waals surface area contributed by atoms with Crippen LogP contribution in [0.2, 0.25) is 0 Å². The van der Waals surface area contributed by atoms with Crippen LogP contribution >= 0.6 is 0 Å². The zero-order valence-electron chi connectivity index (χ0n) is 16.8. The van der Waals surface area contributed by atoms with E-state index in [4.69, 9.17) is 9.47 Å². The second-order valence-electron chi connectivity index (χ2n) is 6.84. The van der Waals surface area contributed by atoms with Gasteiger partial charge in [-0.2, -0.15) is 0 Å². The number of rotatable bonds is 7. The maximum absolute atomic E-state index is 12.6. The molecule has 1 heterocycles. The molecule has 152 valence electrons. The monoisotopic (exact) mass is 402 g/mol. The van der Waals surface area contributed by atoms with E-state index in [2.05, 4.69) is 15.6 Å². The van der Waals surface area contributed by atoms with E-state index in [1.54, 1.807) is 26.4 Å². The molecule has 3 aromatic carbocycles. The van der Waals surface area contributed by atoms with Crippen LogP contribution in [0.4, 0.5) is 0 Å². The van der Waals surface area contributed by atoms with Crippen LogP contribution in [0.25, 0.3) is 11.0 Å². The third-order valence-electron chi connectivity index (χ3n) is 4.83. The fraction of sp³-hybridized carbons (Fsp3) is 0.174. The van der Waals surface area contributed by atoms with E-state index >= 15 is 0 Å². The van der Waals surface area contributed by atoms with E-state index in [0.29, 0.717) is 24.2 Å². The minimum absolute atomic E-state index is 0.165. The van der Waals surface area contributed by atoms with Crippen LogP contribution in [0, 0.1) is 0 Å². The molecular weight excluding hydrogens is 380 g/mol. The number of fused-ring (bicyclic) bond motifs is 1. The minimum Gasteiger partial charge on any atom is -0.497 e. The normalized spacial score (nSPS) is 10.7. The first kappa shape index (κ1) is 19.4. The summed E-state index contributed by atoms with van der Waals surface area (Å²) in [4.78, 5) is 12.6. The maximum atomic E-state index is 12.6. The summed E-state index contributed by atoms with van der Waals surface area (Å²) in [6.45, 7) is 0.978. The second kappa shape index (κ2) is 8.65. The Morgan fingerprint density at radius 2 is 1.63 bits per heavy atom. The molecule has 4 aromatic rings. The molecule has 0 unspecified atom stereocenters. The maximum Gasteiger partial charge on any atom is 0.251 e. The number of benzene rings is 3. The van der Waals surface area contributed by atoms with Gasteiger partial charge in [-0.25, -0.2) is 4.68 Å². The lowest BCUT2D eigenvalue weighted by Crippen LogP contribution is -2.22. The molecule has 0 atom stereocenters. The third kappa shape index (κ3) is 4.25. The van der Waals surface area contributed by atoms with Crippen LogP contribution in [0.3, 0.4) is 0 Å². The molecule has 0 saturated carbocycles. The van der Waals surface area contributed by atoms with Crippen molar-refractivity contribution in [2.24, 2.45) is 0 Å². The molecule has 0 spiro atoms. The summed E-state index contributed by atoms with van der Waals surface area (Å²) in [6.07, 6.45) is 0. The van der Waals surface area contributed by atoms with Gasteiger partial charge in [0.05, 0.1) is 26.3 Å². The number of carbonyl (C=O) groups excluding carboxylic acids is 1. The summed E-state index contributed by atoms with van der Waals surface area (Å²) in [5.41, 5.74) is 4.10. The lowest BCUT2D eigenvalue weighted by molar-refractivity contribution is 0.0951. The highest BCUT2D eigenvalue weighted by Gasteiger charge is 2.11. The number of carbonyl (C=O) groups is 1. The van der Waals surface area contributed by atoms with Crippen molar-refractivity contribution in [1.29, 1.82) is 0 Å². The molecule has 0 aliphatic carbocycles. The van der Waals surface area contributed by atoms with Crippen LogP contribution in [0.1, 0.15) is 21.5 Å². The van der Waals surface area contributed by atoms with Gasteiger partial charge in [0.25, 0.3) is 5.91 Å². The van der Waals surface area contributed by atoms with Crippen LogP contribution in [-0.2, 0) is 13.1 Å². The topological polar surface area (TPSA) is 78.3 Å². The molecule has 7 heteroatoms. The van der Waals surface area contributed by atoms with Gasteiger partial charge in [0.1, 0.15) is 17.0 Å². The Hall–Kier alpha value is -3.87. The quantitative estimate of drug-likeness (QED) is 0.512. The van der Waals surface area contributed by atoms with Crippen molar-refractivity contribution in [1.82, 2.24) is 20.3 Å². The Bertz CT molecular complexity index is 1190. The van der Waals surface area contributed by atoms with Crippen molar-refractivity contribution in [3.63, 3.8) is 0 Å².